The Balaban J connectivity index is 2.24. The van der Waals surface area contributed by atoms with Crippen LogP contribution >= 0.6 is 11.8 Å². The molecule has 2 atom stereocenters. The molecule has 20 heavy (non-hydrogen) atoms. The lowest BCUT2D eigenvalue weighted by Gasteiger charge is -2.18. The predicted molar refractivity (Wildman–Crippen MR) is 75.3 cm³/mol. The van der Waals surface area contributed by atoms with Crippen LogP contribution in [-0.2, 0) is 4.74 Å². The average molecular weight is 293 g/mol. The number of aromatic carboxylic acids is 1. The van der Waals surface area contributed by atoms with Gasteiger partial charge in [-0.25, -0.2) is 14.8 Å². The van der Waals surface area contributed by atoms with Gasteiger partial charge in [0, 0.05) is 17.5 Å². The minimum absolute atomic E-state index is 0.00297. The van der Waals surface area contributed by atoms with Gasteiger partial charge in [-0.1, -0.05) is 18.7 Å². The van der Waals surface area contributed by atoms with Gasteiger partial charge in [0.05, 0.1) is 19.3 Å². The summed E-state index contributed by atoms with van der Waals surface area (Å²) in [5.74, 6) is -0.691. The monoisotopic (exact) mass is 293 g/mol. The summed E-state index contributed by atoms with van der Waals surface area (Å²) in [6, 6.07) is 1.63. The van der Waals surface area contributed by atoms with Gasteiger partial charge in [0.2, 0.25) is 0 Å². The van der Waals surface area contributed by atoms with E-state index >= 15 is 0 Å². The molecular formula is C13H15N3O3S. The van der Waals surface area contributed by atoms with Gasteiger partial charge in [0.15, 0.2) is 5.16 Å². The third-order valence-electron chi connectivity index (χ3n) is 3.61. The number of nitrogens with zero attached hydrogens (tertiary/aromatic N) is 3. The highest BCUT2D eigenvalue weighted by molar-refractivity contribution is 7.98. The van der Waals surface area contributed by atoms with Crippen LogP contribution in [0.4, 0.5) is 0 Å². The molecule has 3 rings (SSSR count). The number of ether oxygens (including phenoxy) is 1. The van der Waals surface area contributed by atoms with E-state index in [9.17, 15) is 9.90 Å². The van der Waals surface area contributed by atoms with Crippen LogP contribution in [0.15, 0.2) is 17.4 Å². The van der Waals surface area contributed by atoms with Gasteiger partial charge in [0.25, 0.3) is 0 Å². The minimum atomic E-state index is -0.951. The Hall–Kier alpha value is -1.60. The first kappa shape index (κ1) is 13.4. The van der Waals surface area contributed by atoms with Crippen molar-refractivity contribution < 1.29 is 14.6 Å². The van der Waals surface area contributed by atoms with Crippen LogP contribution in [-0.4, -0.2) is 45.1 Å². The number of hydrogen-bond donors (Lipinski definition) is 1. The molecule has 106 valence electrons. The number of carbonyl (C=O) groups is 1. The normalized spacial score (nSPS) is 22.5. The van der Waals surface area contributed by atoms with E-state index in [-0.39, 0.29) is 17.7 Å². The molecule has 7 heteroatoms. The molecule has 1 aliphatic heterocycles. The Morgan fingerprint density at radius 2 is 2.35 bits per heavy atom. The van der Waals surface area contributed by atoms with Crippen LogP contribution in [0.1, 0.15) is 23.5 Å². The number of carboxylic acid groups (broad SMARTS) is 1. The van der Waals surface area contributed by atoms with E-state index in [2.05, 4.69) is 16.9 Å². The van der Waals surface area contributed by atoms with Crippen molar-refractivity contribution in [3.63, 3.8) is 0 Å². The fraction of sp³-hybridized carbons (Fsp3) is 0.462. The molecule has 0 aliphatic carbocycles. The molecule has 0 spiro atoms. The van der Waals surface area contributed by atoms with Crippen molar-refractivity contribution in [2.24, 2.45) is 5.92 Å². The fourth-order valence-corrected chi connectivity index (χ4v) is 2.91. The van der Waals surface area contributed by atoms with Crippen LogP contribution in [0.3, 0.4) is 0 Å². The quantitative estimate of drug-likeness (QED) is 0.689. The zero-order valence-electron chi connectivity index (χ0n) is 11.2. The van der Waals surface area contributed by atoms with Crippen molar-refractivity contribution in [3.05, 3.63) is 18.0 Å². The van der Waals surface area contributed by atoms with Gasteiger partial charge >= 0.3 is 5.97 Å². The highest BCUT2D eigenvalue weighted by Gasteiger charge is 2.31. The second kappa shape index (κ2) is 5.06. The summed E-state index contributed by atoms with van der Waals surface area (Å²) >= 11 is 1.44. The van der Waals surface area contributed by atoms with E-state index in [0.29, 0.717) is 24.0 Å². The Morgan fingerprint density at radius 3 is 2.95 bits per heavy atom. The maximum atomic E-state index is 11.5. The molecule has 1 fully saturated rings. The van der Waals surface area contributed by atoms with Crippen molar-refractivity contribution in [2.45, 2.75) is 18.1 Å². The number of hydrogen-bond acceptors (Lipinski definition) is 5. The minimum Gasteiger partial charge on any atom is -0.477 e. The van der Waals surface area contributed by atoms with E-state index in [0.717, 1.165) is 5.39 Å². The molecule has 0 amide bonds. The zero-order chi connectivity index (χ0) is 14.3. The summed E-state index contributed by atoms with van der Waals surface area (Å²) in [5.41, 5.74) is 0.916. The van der Waals surface area contributed by atoms with Gasteiger partial charge in [-0.05, 0) is 12.3 Å². The molecule has 1 saturated heterocycles. The molecule has 0 bridgehead atoms. The van der Waals surface area contributed by atoms with E-state index in [1.165, 1.54) is 11.8 Å². The number of rotatable bonds is 3. The van der Waals surface area contributed by atoms with E-state index < -0.39 is 5.97 Å². The number of fused-ring (bicyclic) bond motifs is 1. The number of thioether (sulfide) groups is 1. The predicted octanol–water partition coefficient (Wildman–Crippen LogP) is 2.06. The van der Waals surface area contributed by atoms with Crippen molar-refractivity contribution in [1.82, 2.24) is 14.5 Å². The lowest BCUT2D eigenvalue weighted by Crippen LogP contribution is -2.20. The number of carboxylic acids is 1. The molecule has 0 radical (unpaired) electrons. The smallest absolute Gasteiger partial charge is 0.352 e. The highest BCUT2D eigenvalue weighted by Crippen LogP contribution is 2.31. The molecular weight excluding hydrogens is 278 g/mol. The van der Waals surface area contributed by atoms with Crippen molar-refractivity contribution in [3.8, 4) is 0 Å². The first-order valence-corrected chi connectivity index (χ1v) is 7.57. The largest absolute Gasteiger partial charge is 0.477 e. The fourth-order valence-electron chi connectivity index (χ4n) is 2.57. The molecule has 2 aromatic heterocycles. The Kier molecular flexibility index (Phi) is 3.39. The summed E-state index contributed by atoms with van der Waals surface area (Å²) < 4.78 is 7.26. The summed E-state index contributed by atoms with van der Waals surface area (Å²) in [6.07, 6.45) is 3.57. The van der Waals surface area contributed by atoms with E-state index in [1.807, 2.05) is 6.26 Å². The topological polar surface area (TPSA) is 77.2 Å². The second-order valence-corrected chi connectivity index (χ2v) is 5.70. The van der Waals surface area contributed by atoms with E-state index in [4.69, 9.17) is 4.74 Å². The van der Waals surface area contributed by atoms with Gasteiger partial charge in [-0.3, -0.25) is 0 Å². The van der Waals surface area contributed by atoms with Crippen LogP contribution in [0.2, 0.25) is 0 Å². The standard InChI is InChI=1S/C13H15N3O3S/c1-7-5-19-6-10(7)16-9(12(17)18)3-8-4-14-13(20-2)15-11(8)16/h3-4,7,10H,5-6H2,1-2H3,(H,17,18)/t7-,10-/m0/s1. The average Bonchev–Trinajstić information content (AvgIpc) is 3.00. The molecule has 0 unspecified atom stereocenters. The summed E-state index contributed by atoms with van der Waals surface area (Å²) in [5, 5.41) is 10.8. The van der Waals surface area contributed by atoms with Crippen LogP contribution in [0, 0.1) is 5.92 Å². The van der Waals surface area contributed by atoms with Crippen molar-refractivity contribution in [1.29, 1.82) is 0 Å². The molecule has 1 N–H and O–H groups in total. The number of aromatic nitrogens is 3. The Morgan fingerprint density at radius 1 is 1.55 bits per heavy atom. The molecule has 0 saturated carbocycles. The Bertz CT molecular complexity index is 670. The van der Waals surface area contributed by atoms with Crippen molar-refractivity contribution in [2.75, 3.05) is 19.5 Å². The summed E-state index contributed by atoms with van der Waals surface area (Å²) in [4.78, 5) is 20.2. The van der Waals surface area contributed by atoms with Gasteiger partial charge in [-0.15, -0.1) is 0 Å². The third kappa shape index (κ3) is 2.06. The van der Waals surface area contributed by atoms with Crippen molar-refractivity contribution >= 4 is 28.8 Å². The maximum Gasteiger partial charge on any atom is 0.352 e. The maximum absolute atomic E-state index is 11.5. The summed E-state index contributed by atoms with van der Waals surface area (Å²) in [7, 11) is 0. The van der Waals surface area contributed by atoms with Crippen LogP contribution < -0.4 is 0 Å². The van der Waals surface area contributed by atoms with Gasteiger partial charge in [0.1, 0.15) is 11.3 Å². The Labute approximate surface area is 120 Å². The van der Waals surface area contributed by atoms with E-state index in [1.54, 1.807) is 16.8 Å². The zero-order valence-corrected chi connectivity index (χ0v) is 12.1. The molecule has 0 aromatic carbocycles. The summed E-state index contributed by atoms with van der Waals surface area (Å²) in [6.45, 7) is 3.22. The lowest BCUT2D eigenvalue weighted by atomic mass is 10.1. The van der Waals surface area contributed by atoms with Gasteiger partial charge < -0.3 is 14.4 Å². The molecule has 3 heterocycles. The van der Waals surface area contributed by atoms with Crippen LogP contribution in [0.5, 0.6) is 0 Å². The first-order chi connectivity index (χ1) is 9.61. The molecule has 6 nitrogen and oxygen atoms in total. The lowest BCUT2D eigenvalue weighted by molar-refractivity contribution is 0.0682. The molecule has 2 aromatic rings. The second-order valence-electron chi connectivity index (χ2n) is 4.92. The highest BCUT2D eigenvalue weighted by atomic mass is 32.2. The van der Waals surface area contributed by atoms with Crippen LogP contribution in [0.25, 0.3) is 11.0 Å². The first-order valence-electron chi connectivity index (χ1n) is 6.35. The third-order valence-corrected chi connectivity index (χ3v) is 4.18. The molecule has 1 aliphatic rings. The van der Waals surface area contributed by atoms with Gasteiger partial charge in [-0.2, -0.15) is 0 Å². The SMILES string of the molecule is CSc1ncc2cc(C(=O)O)n([C@H]3COC[C@@H]3C)c2n1.